The molecule has 0 saturated carbocycles. The molecule has 0 bridgehead atoms. The number of azide groups is 1. The maximum Gasteiger partial charge on any atom is 0.358 e. The number of carbonyl (C=O) groups is 2. The zero-order chi connectivity index (χ0) is 29.9. The van der Waals surface area contributed by atoms with E-state index in [-0.39, 0.29) is 22.2 Å². The molecule has 2 unspecified atom stereocenters. The lowest BCUT2D eigenvalue weighted by atomic mass is 10.1. The largest absolute Gasteiger partial charge is 0.458 e. The fourth-order valence-corrected chi connectivity index (χ4v) is 3.08. The molecule has 4 N–H and O–H groups in total. The molecular formula is C24H31ClF2N6O6S. The number of alkyl halides is 2. The Hall–Kier alpha value is -3.17. The van der Waals surface area contributed by atoms with Crippen molar-refractivity contribution < 1.29 is 37.2 Å². The SMILES string of the molecule is CC(=O)NCc1ccc(CN)cc1.COSN=[N+]=[N-].O=C(ON1CCC1)C(O)c1cc(Cl)cc(OC(F)CF)c1. The maximum atomic E-state index is 12.9. The van der Waals surface area contributed by atoms with Crippen molar-refractivity contribution >= 4 is 35.7 Å². The highest BCUT2D eigenvalue weighted by Gasteiger charge is 2.26. The summed E-state index contributed by atoms with van der Waals surface area (Å²) in [6.45, 7) is 2.56. The van der Waals surface area contributed by atoms with Crippen LogP contribution in [0.25, 0.3) is 10.4 Å². The summed E-state index contributed by atoms with van der Waals surface area (Å²) in [7, 11) is 1.43. The number of aliphatic hydroxyl groups is 1. The Labute approximate surface area is 239 Å². The Bertz CT molecular complexity index is 1110. The minimum absolute atomic E-state index is 0.0112. The lowest BCUT2D eigenvalue weighted by Gasteiger charge is -2.29. The van der Waals surface area contributed by atoms with Crippen LogP contribution in [0, 0.1) is 0 Å². The van der Waals surface area contributed by atoms with E-state index in [0.29, 0.717) is 38.4 Å². The quantitative estimate of drug-likeness (QED) is 0.110. The first-order valence-electron chi connectivity index (χ1n) is 11.7. The highest BCUT2D eigenvalue weighted by atomic mass is 35.5. The molecule has 12 nitrogen and oxygen atoms in total. The van der Waals surface area contributed by atoms with Crippen LogP contribution >= 0.6 is 23.8 Å². The summed E-state index contributed by atoms with van der Waals surface area (Å²) >= 11 is 6.52. The number of benzene rings is 2. The highest BCUT2D eigenvalue weighted by Crippen LogP contribution is 2.27. The molecule has 220 valence electrons. The summed E-state index contributed by atoms with van der Waals surface area (Å²) in [5.74, 6) is -0.966. The number of nitrogens with zero attached hydrogens (tertiary/aromatic N) is 4. The monoisotopic (exact) mass is 604 g/mol. The van der Waals surface area contributed by atoms with E-state index in [2.05, 4.69) is 23.7 Å². The van der Waals surface area contributed by atoms with Crippen molar-refractivity contribution in [2.75, 3.05) is 26.9 Å². The summed E-state index contributed by atoms with van der Waals surface area (Å²) in [6.07, 6.45) is -2.81. The van der Waals surface area contributed by atoms with Gasteiger partial charge in [0.1, 0.15) is 5.75 Å². The average Bonchev–Trinajstić information content (AvgIpc) is 2.92. The van der Waals surface area contributed by atoms with Gasteiger partial charge in [-0.15, -0.1) is 5.06 Å². The van der Waals surface area contributed by atoms with Gasteiger partial charge in [-0.05, 0) is 51.4 Å². The van der Waals surface area contributed by atoms with Crippen molar-refractivity contribution in [2.24, 2.45) is 10.3 Å². The van der Waals surface area contributed by atoms with Crippen molar-refractivity contribution in [2.45, 2.75) is 38.9 Å². The van der Waals surface area contributed by atoms with Crippen LogP contribution in [-0.4, -0.2) is 55.3 Å². The third-order valence-electron chi connectivity index (χ3n) is 4.80. The van der Waals surface area contributed by atoms with Crippen LogP contribution < -0.4 is 15.8 Å². The molecule has 1 fully saturated rings. The van der Waals surface area contributed by atoms with Crippen molar-refractivity contribution in [3.05, 3.63) is 74.6 Å². The van der Waals surface area contributed by atoms with Gasteiger partial charge in [-0.1, -0.05) is 35.9 Å². The van der Waals surface area contributed by atoms with E-state index in [4.69, 9.17) is 27.7 Å². The highest BCUT2D eigenvalue weighted by molar-refractivity contribution is 7.93. The third kappa shape index (κ3) is 14.3. The van der Waals surface area contributed by atoms with Gasteiger partial charge in [0.25, 0.3) is 6.36 Å². The van der Waals surface area contributed by atoms with E-state index in [1.165, 1.54) is 37.3 Å². The predicted octanol–water partition coefficient (Wildman–Crippen LogP) is 4.47. The fourth-order valence-electron chi connectivity index (χ4n) is 2.75. The molecule has 40 heavy (non-hydrogen) atoms. The lowest BCUT2D eigenvalue weighted by molar-refractivity contribution is -0.216. The summed E-state index contributed by atoms with van der Waals surface area (Å²) in [5, 5.41) is 14.2. The molecule has 0 aliphatic carbocycles. The van der Waals surface area contributed by atoms with Crippen LogP contribution in [0.4, 0.5) is 8.78 Å². The van der Waals surface area contributed by atoms with Gasteiger partial charge in [0.2, 0.25) is 5.91 Å². The van der Waals surface area contributed by atoms with E-state index >= 15 is 0 Å². The van der Waals surface area contributed by atoms with Gasteiger partial charge in [-0.2, -0.15) is 4.39 Å². The second-order valence-electron chi connectivity index (χ2n) is 7.84. The number of ether oxygens (including phenoxy) is 1. The minimum Gasteiger partial charge on any atom is -0.458 e. The van der Waals surface area contributed by atoms with Gasteiger partial charge in [-0.3, -0.25) is 4.79 Å². The standard InChI is InChI=1S/C13H14ClF2NO4.C10H14N2O.CH3N3OS/c14-9-4-8(5-10(6-9)20-11(16)7-15)12(18)13(19)21-17-2-1-3-17;1-8(13)12-7-10-4-2-9(6-11)3-5-10;1-5-6-4-3-2/h4-6,11-12,18H,1-3,7H2;2-5H,6-7,11H2,1H3,(H,12,13);1H3. The van der Waals surface area contributed by atoms with E-state index < -0.39 is 25.1 Å². The summed E-state index contributed by atoms with van der Waals surface area (Å²) in [6, 6.07) is 11.7. The first-order chi connectivity index (χ1) is 19.1. The maximum absolute atomic E-state index is 12.9. The van der Waals surface area contributed by atoms with Gasteiger partial charge >= 0.3 is 5.97 Å². The molecule has 2 aromatic carbocycles. The number of nitrogens with two attached hydrogens (primary N) is 1. The Morgan fingerprint density at radius 2 is 1.93 bits per heavy atom. The molecule has 1 aliphatic heterocycles. The molecule has 0 radical (unpaired) electrons. The summed E-state index contributed by atoms with van der Waals surface area (Å²) in [5.41, 5.74) is 15.3. The van der Waals surface area contributed by atoms with Crippen molar-refractivity contribution in [3.8, 4) is 5.75 Å². The molecule has 0 aromatic heterocycles. The lowest BCUT2D eigenvalue weighted by Crippen LogP contribution is -2.40. The topological polar surface area (TPSA) is 172 Å². The number of hydroxylamine groups is 2. The van der Waals surface area contributed by atoms with Crippen LogP contribution in [-0.2, 0) is 31.7 Å². The van der Waals surface area contributed by atoms with Crippen LogP contribution in [0.2, 0.25) is 5.02 Å². The Morgan fingerprint density at radius 3 is 2.40 bits per heavy atom. The Kier molecular flexibility index (Phi) is 17.3. The second kappa shape index (κ2) is 19.8. The number of aliphatic hydroxyl groups excluding tert-OH is 1. The number of carbonyl (C=O) groups excluding carboxylic acids is 2. The van der Waals surface area contributed by atoms with Gasteiger partial charge < -0.3 is 29.9 Å². The normalized spacial score (nSPS) is 13.5. The van der Waals surface area contributed by atoms with Crippen LogP contribution in [0.3, 0.4) is 0 Å². The predicted molar refractivity (Wildman–Crippen MR) is 146 cm³/mol. The number of amides is 1. The van der Waals surface area contributed by atoms with E-state index in [1.807, 2.05) is 24.3 Å². The van der Waals surface area contributed by atoms with Gasteiger partial charge in [-0.25, -0.2) is 9.18 Å². The Morgan fingerprint density at radius 1 is 1.27 bits per heavy atom. The van der Waals surface area contributed by atoms with Crippen molar-refractivity contribution in [1.29, 1.82) is 0 Å². The van der Waals surface area contributed by atoms with Gasteiger partial charge in [0, 0.05) is 43.0 Å². The van der Waals surface area contributed by atoms with E-state index in [9.17, 15) is 23.5 Å². The molecule has 16 heteroatoms. The van der Waals surface area contributed by atoms with Crippen LogP contribution in [0.1, 0.15) is 36.1 Å². The second-order valence-corrected chi connectivity index (χ2v) is 8.92. The van der Waals surface area contributed by atoms with E-state index in [0.717, 1.165) is 17.5 Å². The number of nitrogens with one attached hydrogen (secondary N) is 1. The van der Waals surface area contributed by atoms with Gasteiger partial charge in [0.15, 0.2) is 12.8 Å². The smallest absolute Gasteiger partial charge is 0.358 e. The molecule has 1 heterocycles. The van der Waals surface area contributed by atoms with Crippen LogP contribution in [0.5, 0.6) is 5.75 Å². The number of halogens is 3. The summed E-state index contributed by atoms with van der Waals surface area (Å²) < 4.78 is 36.8. The number of hydrogen-bond acceptors (Lipinski definition) is 10. The molecular weight excluding hydrogens is 574 g/mol. The zero-order valence-corrected chi connectivity index (χ0v) is 23.4. The van der Waals surface area contributed by atoms with Gasteiger partial charge in [0.05, 0.1) is 19.3 Å². The first kappa shape index (κ1) is 34.9. The zero-order valence-electron chi connectivity index (χ0n) is 21.8. The first-order valence-corrected chi connectivity index (χ1v) is 12.8. The molecule has 1 aliphatic rings. The molecule has 1 saturated heterocycles. The molecule has 2 aromatic rings. The van der Waals surface area contributed by atoms with Crippen molar-refractivity contribution in [3.63, 3.8) is 0 Å². The van der Waals surface area contributed by atoms with Crippen molar-refractivity contribution in [1.82, 2.24) is 10.4 Å². The van der Waals surface area contributed by atoms with Crippen LogP contribution in [0.15, 0.2) is 47.0 Å². The summed E-state index contributed by atoms with van der Waals surface area (Å²) in [4.78, 5) is 29.6. The molecule has 0 spiro atoms. The fraction of sp³-hybridized carbons (Fsp3) is 0.417. The minimum atomic E-state index is -2.14. The average molecular weight is 605 g/mol. The molecule has 1 amide bonds. The number of hydrogen-bond donors (Lipinski definition) is 3. The Balaban J connectivity index is 0.000000357. The van der Waals surface area contributed by atoms with E-state index in [1.54, 1.807) is 0 Å². The molecule has 3 rings (SSSR count). The number of rotatable bonds is 11. The molecule has 2 atom stereocenters. The third-order valence-corrected chi connectivity index (χ3v) is 5.30.